The minimum absolute atomic E-state index is 0.166. The van der Waals surface area contributed by atoms with Crippen LogP contribution in [-0.4, -0.2) is 31.5 Å². The number of sulfone groups is 1. The topological polar surface area (TPSA) is 64.0 Å². The van der Waals surface area contributed by atoms with Gasteiger partial charge in [-0.05, 0) is 42.5 Å². The highest BCUT2D eigenvalue weighted by molar-refractivity contribution is 7.90. The Labute approximate surface area is 150 Å². The average molecular weight is 377 g/mol. The van der Waals surface area contributed by atoms with Crippen molar-refractivity contribution in [3.63, 3.8) is 0 Å². The first-order chi connectivity index (χ1) is 12.3. The second kappa shape index (κ2) is 6.87. The van der Waals surface area contributed by atoms with Crippen molar-refractivity contribution in [3.05, 3.63) is 60.3 Å². The third kappa shape index (κ3) is 3.60. The van der Waals surface area contributed by atoms with Crippen molar-refractivity contribution >= 4 is 15.5 Å². The smallest absolute Gasteiger partial charge is 0.282 e. The molecule has 0 bridgehead atoms. The van der Waals surface area contributed by atoms with Crippen LogP contribution in [0.25, 0.3) is 16.9 Å². The number of alkyl halides is 2. The van der Waals surface area contributed by atoms with Gasteiger partial charge in [0.25, 0.3) is 6.43 Å². The molecule has 0 unspecified atom stereocenters. The first-order valence-electron chi connectivity index (χ1n) is 7.76. The molecular weight excluding hydrogens is 360 g/mol. The molecule has 0 aliphatic rings. The number of benzene rings is 2. The van der Waals surface area contributed by atoms with Crippen LogP contribution in [0.3, 0.4) is 0 Å². The molecule has 3 rings (SSSR count). The van der Waals surface area contributed by atoms with Crippen LogP contribution in [0.1, 0.15) is 12.1 Å². The molecule has 1 aromatic heterocycles. The largest absolute Gasteiger partial charge is 0.388 e. The van der Waals surface area contributed by atoms with Gasteiger partial charge in [-0.15, -0.1) is 0 Å². The highest BCUT2D eigenvalue weighted by Crippen LogP contribution is 2.29. The van der Waals surface area contributed by atoms with Crippen LogP contribution >= 0.6 is 0 Å². The first kappa shape index (κ1) is 18.1. The van der Waals surface area contributed by atoms with Crippen molar-refractivity contribution < 1.29 is 17.2 Å². The molecule has 0 radical (unpaired) electrons. The van der Waals surface area contributed by atoms with Crippen molar-refractivity contribution in [1.82, 2.24) is 9.78 Å². The van der Waals surface area contributed by atoms with E-state index in [-0.39, 0.29) is 10.6 Å². The summed E-state index contributed by atoms with van der Waals surface area (Å²) in [6.07, 6.45) is -1.59. The normalized spacial score (nSPS) is 11.7. The van der Waals surface area contributed by atoms with E-state index >= 15 is 0 Å². The van der Waals surface area contributed by atoms with E-state index in [0.717, 1.165) is 11.9 Å². The van der Waals surface area contributed by atoms with Gasteiger partial charge in [-0.1, -0.05) is 12.1 Å². The van der Waals surface area contributed by atoms with Crippen molar-refractivity contribution in [2.75, 3.05) is 18.6 Å². The van der Waals surface area contributed by atoms with Crippen LogP contribution in [0.2, 0.25) is 0 Å². The summed E-state index contributed by atoms with van der Waals surface area (Å²) in [5, 5.41) is 7.00. The number of hydrogen-bond acceptors (Lipinski definition) is 4. The van der Waals surface area contributed by atoms with E-state index in [4.69, 9.17) is 0 Å². The van der Waals surface area contributed by atoms with E-state index in [0.29, 0.717) is 16.9 Å². The first-order valence-corrected chi connectivity index (χ1v) is 9.65. The summed E-state index contributed by atoms with van der Waals surface area (Å²) in [6, 6.07) is 14.5. The Balaban J connectivity index is 2.10. The van der Waals surface area contributed by atoms with Crippen molar-refractivity contribution in [2.45, 2.75) is 11.3 Å². The zero-order valence-electron chi connectivity index (χ0n) is 14.1. The lowest BCUT2D eigenvalue weighted by Crippen LogP contribution is -2.01. The molecule has 0 fully saturated rings. The Hall–Kier alpha value is -2.74. The second-order valence-electron chi connectivity index (χ2n) is 5.76. The fourth-order valence-corrected chi connectivity index (χ4v) is 3.18. The lowest BCUT2D eigenvalue weighted by Gasteiger charge is -2.09. The van der Waals surface area contributed by atoms with Gasteiger partial charge in [0.1, 0.15) is 5.69 Å². The fourth-order valence-electron chi connectivity index (χ4n) is 2.55. The molecule has 0 amide bonds. The highest BCUT2D eigenvalue weighted by Gasteiger charge is 2.18. The number of hydrogen-bond donors (Lipinski definition) is 1. The number of nitrogens with zero attached hydrogens (tertiary/aromatic N) is 2. The number of nitrogens with one attached hydrogen (secondary N) is 1. The molecule has 1 N–H and O–H groups in total. The zero-order chi connectivity index (χ0) is 18.9. The standard InChI is InChI=1S/C18H17F2N3O2S/c1-21-13-5-7-14(8-6-13)23-17(11-16(22-23)18(19)20)12-3-9-15(10-4-12)26(2,24)25/h3-11,18,21H,1-2H3. The van der Waals surface area contributed by atoms with Crippen molar-refractivity contribution in [3.8, 4) is 16.9 Å². The number of rotatable bonds is 5. The van der Waals surface area contributed by atoms with Crippen LogP contribution in [0.4, 0.5) is 14.5 Å². The number of aromatic nitrogens is 2. The molecule has 0 saturated heterocycles. The maximum Gasteiger partial charge on any atom is 0.282 e. The SMILES string of the molecule is CNc1ccc(-n2nc(C(F)F)cc2-c2ccc(S(C)(=O)=O)cc2)cc1. The molecule has 2 aromatic carbocycles. The summed E-state index contributed by atoms with van der Waals surface area (Å²) in [7, 11) is -1.55. The summed E-state index contributed by atoms with van der Waals surface area (Å²) >= 11 is 0. The van der Waals surface area contributed by atoms with Gasteiger partial charge in [0.05, 0.1) is 16.3 Å². The van der Waals surface area contributed by atoms with Crippen LogP contribution in [-0.2, 0) is 9.84 Å². The molecule has 0 aliphatic carbocycles. The van der Waals surface area contributed by atoms with Gasteiger partial charge in [-0.3, -0.25) is 0 Å². The molecule has 26 heavy (non-hydrogen) atoms. The maximum absolute atomic E-state index is 13.2. The maximum atomic E-state index is 13.2. The molecule has 0 aliphatic heterocycles. The molecule has 136 valence electrons. The Morgan fingerprint density at radius 3 is 2.15 bits per heavy atom. The van der Waals surface area contributed by atoms with Crippen LogP contribution in [0.5, 0.6) is 0 Å². The summed E-state index contributed by atoms with van der Waals surface area (Å²) < 4.78 is 51.0. The lowest BCUT2D eigenvalue weighted by atomic mass is 10.1. The predicted octanol–water partition coefficient (Wildman–Crippen LogP) is 3.92. The molecular formula is C18H17F2N3O2S. The highest BCUT2D eigenvalue weighted by atomic mass is 32.2. The molecule has 0 spiro atoms. The van der Waals surface area contributed by atoms with Gasteiger partial charge in [0.2, 0.25) is 0 Å². The molecule has 5 nitrogen and oxygen atoms in total. The van der Waals surface area contributed by atoms with E-state index < -0.39 is 16.3 Å². The van der Waals surface area contributed by atoms with Crippen molar-refractivity contribution in [1.29, 1.82) is 0 Å². The quantitative estimate of drug-likeness (QED) is 0.732. The average Bonchev–Trinajstić information content (AvgIpc) is 3.07. The van der Waals surface area contributed by atoms with Gasteiger partial charge in [-0.25, -0.2) is 21.9 Å². The lowest BCUT2D eigenvalue weighted by molar-refractivity contribution is 0.145. The third-order valence-corrected chi connectivity index (χ3v) is 5.06. The van der Waals surface area contributed by atoms with E-state index in [9.17, 15) is 17.2 Å². The van der Waals surface area contributed by atoms with Crippen LogP contribution in [0.15, 0.2) is 59.5 Å². The fraction of sp³-hybridized carbons (Fsp3) is 0.167. The number of anilines is 1. The van der Waals surface area contributed by atoms with Gasteiger partial charge < -0.3 is 5.32 Å². The summed E-state index contributed by atoms with van der Waals surface area (Å²) in [5.74, 6) is 0. The van der Waals surface area contributed by atoms with Gasteiger partial charge in [0, 0.05) is 24.6 Å². The van der Waals surface area contributed by atoms with Crippen LogP contribution < -0.4 is 5.32 Å². The minimum Gasteiger partial charge on any atom is -0.388 e. The zero-order valence-corrected chi connectivity index (χ0v) is 15.0. The summed E-state index contributed by atoms with van der Waals surface area (Å²) in [4.78, 5) is 0.166. The van der Waals surface area contributed by atoms with Gasteiger partial charge >= 0.3 is 0 Å². The van der Waals surface area contributed by atoms with Gasteiger partial charge in [0.15, 0.2) is 9.84 Å². The molecule has 1 heterocycles. The Kier molecular flexibility index (Phi) is 4.78. The van der Waals surface area contributed by atoms with E-state index in [2.05, 4.69) is 10.4 Å². The second-order valence-corrected chi connectivity index (χ2v) is 7.78. The Bertz CT molecular complexity index is 1010. The number of halogens is 2. The van der Waals surface area contributed by atoms with Gasteiger partial charge in [-0.2, -0.15) is 5.10 Å². The monoisotopic (exact) mass is 377 g/mol. The Morgan fingerprint density at radius 1 is 1.04 bits per heavy atom. The van der Waals surface area contributed by atoms with E-state index in [1.807, 2.05) is 12.1 Å². The van der Waals surface area contributed by atoms with E-state index in [1.54, 1.807) is 31.3 Å². The molecule has 0 saturated carbocycles. The van der Waals surface area contributed by atoms with Crippen LogP contribution in [0, 0.1) is 0 Å². The van der Waals surface area contributed by atoms with Crippen molar-refractivity contribution in [2.24, 2.45) is 0 Å². The molecule has 0 atom stereocenters. The third-order valence-electron chi connectivity index (χ3n) is 3.93. The molecule has 8 heteroatoms. The summed E-state index contributed by atoms with van der Waals surface area (Å²) in [6.45, 7) is 0. The van der Waals surface area contributed by atoms with E-state index in [1.165, 1.54) is 22.9 Å². The predicted molar refractivity (Wildman–Crippen MR) is 96.6 cm³/mol. The molecule has 3 aromatic rings. The minimum atomic E-state index is -3.33. The summed E-state index contributed by atoms with van der Waals surface area (Å²) in [5.41, 5.74) is 2.21. The Morgan fingerprint density at radius 2 is 1.65 bits per heavy atom.